The van der Waals surface area contributed by atoms with Crippen LogP contribution in [0, 0.1) is 0 Å². The van der Waals surface area contributed by atoms with Crippen LogP contribution in [-0.4, -0.2) is 36.7 Å². The largest absolute Gasteiger partial charge is 0.478 e. The van der Waals surface area contributed by atoms with Gasteiger partial charge in [0.15, 0.2) is 0 Å². The van der Waals surface area contributed by atoms with E-state index in [4.69, 9.17) is 18.9 Å². The topological polar surface area (TPSA) is 74.2 Å². The monoisotopic (exact) mass is 260 g/mol. The molecule has 0 aromatic rings. The maximum absolute atomic E-state index is 12.0. The van der Waals surface area contributed by atoms with E-state index in [0.717, 1.165) is 0 Å². The zero-order valence-corrected chi connectivity index (χ0v) is 11.4. The van der Waals surface area contributed by atoms with Crippen molar-refractivity contribution >= 4 is 5.97 Å². The van der Waals surface area contributed by atoms with Crippen LogP contribution < -0.4 is 0 Å². The molecular formula is C12H20O6. The quantitative estimate of drug-likeness (QED) is 0.614. The van der Waals surface area contributed by atoms with Crippen molar-refractivity contribution in [2.24, 2.45) is 0 Å². The molecule has 1 atom stereocenters. The minimum atomic E-state index is -1.45. The van der Waals surface area contributed by atoms with Gasteiger partial charge >= 0.3 is 11.9 Å². The summed E-state index contributed by atoms with van der Waals surface area (Å²) in [7, 11) is 2.54. The Morgan fingerprint density at radius 1 is 1.33 bits per heavy atom. The van der Waals surface area contributed by atoms with Gasteiger partial charge in [-0.2, -0.15) is 0 Å². The lowest BCUT2D eigenvalue weighted by molar-refractivity contribution is -0.188. The van der Waals surface area contributed by atoms with E-state index in [-0.39, 0.29) is 5.76 Å². The van der Waals surface area contributed by atoms with Crippen molar-refractivity contribution in [1.29, 1.82) is 0 Å². The molecule has 1 aliphatic heterocycles. The third kappa shape index (κ3) is 2.38. The van der Waals surface area contributed by atoms with Crippen molar-refractivity contribution in [3.8, 4) is 0 Å². The molecule has 104 valence electrons. The molecule has 0 aromatic carbocycles. The minimum Gasteiger partial charge on any atom is -0.478 e. The van der Waals surface area contributed by atoms with Crippen LogP contribution in [0.4, 0.5) is 0 Å². The van der Waals surface area contributed by atoms with E-state index in [0.29, 0.717) is 12.8 Å². The number of methoxy groups -OCH3 is 2. The number of carbonyl (C=O) groups excluding carboxylic acids is 1. The Bertz CT molecular complexity index is 360. The fourth-order valence-electron chi connectivity index (χ4n) is 2.04. The molecule has 6 nitrogen and oxygen atoms in total. The molecule has 0 spiro atoms. The number of carbonyl (C=O) groups is 1. The summed E-state index contributed by atoms with van der Waals surface area (Å²) in [5, 5.41) is 9.74. The van der Waals surface area contributed by atoms with Crippen LogP contribution in [0.1, 0.15) is 33.6 Å². The van der Waals surface area contributed by atoms with Gasteiger partial charge in [-0.15, -0.1) is 0 Å². The summed E-state index contributed by atoms with van der Waals surface area (Å²) in [6, 6.07) is 0. The first kappa shape index (κ1) is 14.6. The molecule has 0 saturated carbocycles. The predicted molar refractivity (Wildman–Crippen MR) is 62.6 cm³/mol. The van der Waals surface area contributed by atoms with E-state index in [1.807, 2.05) is 6.92 Å². The van der Waals surface area contributed by atoms with E-state index in [1.165, 1.54) is 14.2 Å². The average molecular weight is 260 g/mol. The van der Waals surface area contributed by atoms with Crippen molar-refractivity contribution in [2.75, 3.05) is 14.2 Å². The van der Waals surface area contributed by atoms with Crippen LogP contribution in [0.15, 0.2) is 11.7 Å². The standard InChI is InChI=1S/C12H20O6/c1-6-7-12(10(14)16-5)8(9(13)15-4)17-11(2,3)18-12/h13H,6-7H2,1-5H3/b9-8+/t12-/m1/s1. The van der Waals surface area contributed by atoms with Crippen molar-refractivity contribution in [3.05, 3.63) is 11.7 Å². The van der Waals surface area contributed by atoms with Gasteiger partial charge in [-0.1, -0.05) is 13.3 Å². The van der Waals surface area contributed by atoms with E-state index in [2.05, 4.69) is 0 Å². The highest BCUT2D eigenvalue weighted by molar-refractivity contribution is 5.83. The number of esters is 1. The highest BCUT2D eigenvalue weighted by Crippen LogP contribution is 2.44. The van der Waals surface area contributed by atoms with Crippen LogP contribution in [0.3, 0.4) is 0 Å². The lowest BCUT2D eigenvalue weighted by atomic mass is 9.96. The third-order valence-electron chi connectivity index (χ3n) is 2.64. The fraction of sp³-hybridized carbons (Fsp3) is 0.750. The smallest absolute Gasteiger partial charge is 0.346 e. The molecule has 1 saturated heterocycles. The number of hydrogen-bond donors (Lipinski definition) is 1. The molecule has 18 heavy (non-hydrogen) atoms. The van der Waals surface area contributed by atoms with Gasteiger partial charge in [0.25, 0.3) is 0 Å². The molecule has 6 heteroatoms. The number of aliphatic hydroxyl groups is 1. The van der Waals surface area contributed by atoms with Gasteiger partial charge < -0.3 is 24.1 Å². The van der Waals surface area contributed by atoms with Gasteiger partial charge in [-0.25, -0.2) is 4.79 Å². The maximum atomic E-state index is 12.0. The Hall–Kier alpha value is -1.43. The molecule has 1 rings (SSSR count). The first-order valence-corrected chi connectivity index (χ1v) is 5.78. The Labute approximate surface area is 106 Å². The van der Waals surface area contributed by atoms with E-state index in [1.54, 1.807) is 13.8 Å². The molecule has 1 aliphatic rings. The van der Waals surface area contributed by atoms with E-state index < -0.39 is 23.3 Å². The van der Waals surface area contributed by atoms with Crippen molar-refractivity contribution in [3.63, 3.8) is 0 Å². The summed E-state index contributed by atoms with van der Waals surface area (Å²) in [4.78, 5) is 12.0. The molecule has 0 amide bonds. The Morgan fingerprint density at radius 3 is 2.39 bits per heavy atom. The summed E-state index contributed by atoms with van der Waals surface area (Å²) in [6.07, 6.45) is 0.973. The zero-order valence-electron chi connectivity index (χ0n) is 11.4. The van der Waals surface area contributed by atoms with Crippen LogP contribution in [0.5, 0.6) is 0 Å². The average Bonchev–Trinajstić information content (AvgIpc) is 2.60. The predicted octanol–water partition coefficient (Wildman–Crippen LogP) is 1.85. The SMILES string of the molecule is CCC[C@@]1(C(=O)OC)OC(C)(C)O/C1=C(\O)OC. The molecule has 0 radical (unpaired) electrons. The Morgan fingerprint density at radius 2 is 1.94 bits per heavy atom. The summed E-state index contributed by atoms with van der Waals surface area (Å²) in [5.74, 6) is -2.16. The van der Waals surface area contributed by atoms with E-state index >= 15 is 0 Å². The number of hydrogen-bond acceptors (Lipinski definition) is 6. The lowest BCUT2D eigenvalue weighted by Crippen LogP contribution is -2.43. The van der Waals surface area contributed by atoms with Crippen molar-refractivity contribution in [1.82, 2.24) is 0 Å². The second-order valence-electron chi connectivity index (χ2n) is 4.51. The fourth-order valence-corrected chi connectivity index (χ4v) is 2.04. The summed E-state index contributed by atoms with van der Waals surface area (Å²) >= 11 is 0. The molecular weight excluding hydrogens is 240 g/mol. The van der Waals surface area contributed by atoms with Crippen molar-refractivity contribution < 1.29 is 28.8 Å². The Kier molecular flexibility index (Phi) is 4.11. The summed E-state index contributed by atoms with van der Waals surface area (Å²) in [5.41, 5.74) is -1.45. The van der Waals surface area contributed by atoms with Gasteiger partial charge in [0.1, 0.15) is 0 Å². The summed E-state index contributed by atoms with van der Waals surface area (Å²) < 4.78 is 20.7. The molecule has 0 aromatic heterocycles. The van der Waals surface area contributed by atoms with E-state index in [9.17, 15) is 9.90 Å². The normalized spacial score (nSPS) is 28.5. The van der Waals surface area contributed by atoms with Gasteiger partial charge in [-0.3, -0.25) is 0 Å². The van der Waals surface area contributed by atoms with Crippen molar-refractivity contribution in [2.45, 2.75) is 45.0 Å². The number of ether oxygens (including phenoxy) is 4. The first-order valence-electron chi connectivity index (χ1n) is 5.78. The first-order chi connectivity index (χ1) is 8.33. The van der Waals surface area contributed by atoms with Gasteiger partial charge in [0.2, 0.25) is 17.1 Å². The highest BCUT2D eigenvalue weighted by Gasteiger charge is 2.58. The summed E-state index contributed by atoms with van der Waals surface area (Å²) in [6.45, 7) is 5.19. The molecule has 0 aliphatic carbocycles. The molecule has 1 fully saturated rings. The zero-order chi connectivity index (χ0) is 14.0. The van der Waals surface area contributed by atoms with Gasteiger partial charge in [-0.05, 0) is 6.42 Å². The molecule has 1 N–H and O–H groups in total. The second-order valence-corrected chi connectivity index (χ2v) is 4.51. The van der Waals surface area contributed by atoms with Crippen LogP contribution in [0.25, 0.3) is 0 Å². The van der Waals surface area contributed by atoms with Crippen LogP contribution in [0.2, 0.25) is 0 Å². The second kappa shape index (κ2) is 5.06. The van der Waals surface area contributed by atoms with Crippen LogP contribution >= 0.6 is 0 Å². The maximum Gasteiger partial charge on any atom is 0.346 e. The molecule has 1 heterocycles. The Balaban J connectivity index is 3.32. The van der Waals surface area contributed by atoms with Gasteiger partial charge in [0, 0.05) is 13.8 Å². The minimum absolute atomic E-state index is 0.0382. The number of aliphatic hydroxyl groups excluding tert-OH is 1. The van der Waals surface area contributed by atoms with Gasteiger partial charge in [0.05, 0.1) is 14.2 Å². The highest BCUT2D eigenvalue weighted by atomic mass is 16.8. The third-order valence-corrected chi connectivity index (χ3v) is 2.64. The van der Waals surface area contributed by atoms with Crippen LogP contribution in [-0.2, 0) is 23.7 Å². The molecule has 0 bridgehead atoms. The lowest BCUT2D eigenvalue weighted by Gasteiger charge is -2.25. The number of rotatable bonds is 4. The molecule has 0 unspecified atom stereocenters.